The third-order valence-corrected chi connectivity index (χ3v) is 5.32. The SMILES string of the molecule is CC1Cc2ccccc2N1CCNC(=O)N1C[C@@H](C(F)(F)F)[C@H](C(=O)O)C1. The first-order valence-corrected chi connectivity index (χ1v) is 8.85. The minimum absolute atomic E-state index is 0.266. The number of amides is 2. The molecule has 2 heterocycles. The summed E-state index contributed by atoms with van der Waals surface area (Å²) in [6.07, 6.45) is -3.74. The first-order chi connectivity index (χ1) is 12.7. The number of anilines is 1. The highest BCUT2D eigenvalue weighted by Gasteiger charge is 2.53. The molecule has 27 heavy (non-hydrogen) atoms. The summed E-state index contributed by atoms with van der Waals surface area (Å²) in [7, 11) is 0. The fourth-order valence-corrected chi connectivity index (χ4v) is 3.92. The van der Waals surface area contributed by atoms with Crippen LogP contribution in [0.5, 0.6) is 0 Å². The quantitative estimate of drug-likeness (QED) is 0.835. The number of halogens is 3. The number of rotatable bonds is 4. The summed E-state index contributed by atoms with van der Waals surface area (Å²) in [5.74, 6) is -5.19. The topological polar surface area (TPSA) is 72.9 Å². The lowest BCUT2D eigenvalue weighted by atomic mass is 9.96. The molecule has 2 aliphatic rings. The van der Waals surface area contributed by atoms with Gasteiger partial charge in [0, 0.05) is 37.9 Å². The van der Waals surface area contributed by atoms with Gasteiger partial charge < -0.3 is 20.2 Å². The first kappa shape index (κ1) is 19.3. The van der Waals surface area contributed by atoms with Gasteiger partial charge in [0.25, 0.3) is 0 Å². The number of hydrogen-bond acceptors (Lipinski definition) is 3. The largest absolute Gasteiger partial charge is 0.481 e. The Morgan fingerprint density at radius 3 is 2.59 bits per heavy atom. The minimum atomic E-state index is -4.65. The molecule has 0 radical (unpaired) electrons. The van der Waals surface area contributed by atoms with Crippen LogP contribution in [0.3, 0.4) is 0 Å². The average Bonchev–Trinajstić information content (AvgIpc) is 3.17. The molecule has 0 aromatic heterocycles. The average molecular weight is 385 g/mol. The molecule has 1 saturated heterocycles. The second kappa shape index (κ2) is 7.28. The van der Waals surface area contributed by atoms with Gasteiger partial charge in [-0.3, -0.25) is 4.79 Å². The van der Waals surface area contributed by atoms with E-state index in [0.717, 1.165) is 17.0 Å². The molecular weight excluding hydrogens is 363 g/mol. The molecule has 2 N–H and O–H groups in total. The Labute approximate surface area is 154 Å². The van der Waals surface area contributed by atoms with Crippen molar-refractivity contribution in [3.63, 3.8) is 0 Å². The third kappa shape index (κ3) is 3.96. The summed E-state index contributed by atoms with van der Waals surface area (Å²) in [6, 6.07) is 7.59. The van der Waals surface area contributed by atoms with Crippen LogP contribution in [0.1, 0.15) is 12.5 Å². The molecule has 2 amide bonds. The molecule has 1 fully saturated rings. The fourth-order valence-electron chi connectivity index (χ4n) is 3.92. The Bertz CT molecular complexity index is 725. The van der Waals surface area contributed by atoms with Crippen molar-refractivity contribution in [3.05, 3.63) is 29.8 Å². The van der Waals surface area contributed by atoms with Crippen molar-refractivity contribution >= 4 is 17.7 Å². The number of carboxylic acid groups (broad SMARTS) is 1. The number of carbonyl (C=O) groups excluding carboxylic acids is 1. The van der Waals surface area contributed by atoms with Crippen LogP contribution < -0.4 is 10.2 Å². The highest BCUT2D eigenvalue weighted by molar-refractivity contribution is 5.77. The van der Waals surface area contributed by atoms with Crippen LogP contribution in [-0.2, 0) is 11.2 Å². The Kier molecular flexibility index (Phi) is 5.21. The Balaban J connectivity index is 1.55. The van der Waals surface area contributed by atoms with Gasteiger partial charge in [-0.15, -0.1) is 0 Å². The number of nitrogens with one attached hydrogen (secondary N) is 1. The van der Waals surface area contributed by atoms with Gasteiger partial charge >= 0.3 is 18.2 Å². The van der Waals surface area contributed by atoms with Gasteiger partial charge in [-0.2, -0.15) is 13.2 Å². The maximum Gasteiger partial charge on any atom is 0.394 e. The minimum Gasteiger partial charge on any atom is -0.481 e. The molecule has 0 spiro atoms. The van der Waals surface area contributed by atoms with Crippen LogP contribution in [0.15, 0.2) is 24.3 Å². The van der Waals surface area contributed by atoms with Crippen molar-refractivity contribution in [1.82, 2.24) is 10.2 Å². The highest BCUT2D eigenvalue weighted by Crippen LogP contribution is 2.37. The van der Waals surface area contributed by atoms with Gasteiger partial charge in [0.05, 0.1) is 11.8 Å². The van der Waals surface area contributed by atoms with Gasteiger partial charge in [0.1, 0.15) is 0 Å². The number of carboxylic acids is 1. The first-order valence-electron chi connectivity index (χ1n) is 8.85. The van der Waals surface area contributed by atoms with Crippen LogP contribution in [-0.4, -0.2) is 60.4 Å². The number of fused-ring (bicyclic) bond motifs is 1. The highest BCUT2D eigenvalue weighted by atomic mass is 19.4. The molecule has 3 rings (SSSR count). The number of hydrogen-bond donors (Lipinski definition) is 2. The molecule has 9 heteroatoms. The van der Waals surface area contributed by atoms with E-state index in [0.29, 0.717) is 6.54 Å². The molecule has 0 aliphatic carbocycles. The second-order valence-electron chi connectivity index (χ2n) is 7.11. The lowest BCUT2D eigenvalue weighted by Crippen LogP contribution is -2.43. The normalized spacial score (nSPS) is 24.8. The van der Waals surface area contributed by atoms with Crippen molar-refractivity contribution in [2.75, 3.05) is 31.1 Å². The van der Waals surface area contributed by atoms with E-state index in [2.05, 4.69) is 23.2 Å². The van der Waals surface area contributed by atoms with E-state index in [1.54, 1.807) is 0 Å². The fraction of sp³-hybridized carbons (Fsp3) is 0.556. The lowest BCUT2D eigenvalue weighted by Gasteiger charge is -2.26. The van der Waals surface area contributed by atoms with Gasteiger partial charge in [0.15, 0.2) is 0 Å². The molecule has 1 aromatic rings. The Morgan fingerprint density at radius 2 is 1.96 bits per heavy atom. The molecule has 3 atom stereocenters. The van der Waals surface area contributed by atoms with Crippen LogP contribution in [0.25, 0.3) is 0 Å². The maximum atomic E-state index is 13.0. The summed E-state index contributed by atoms with van der Waals surface area (Å²) in [5, 5.41) is 11.6. The van der Waals surface area contributed by atoms with E-state index >= 15 is 0 Å². The van der Waals surface area contributed by atoms with Crippen LogP contribution in [0, 0.1) is 11.8 Å². The number of aliphatic carboxylic acids is 1. The van der Waals surface area contributed by atoms with Gasteiger partial charge in [-0.05, 0) is 25.0 Å². The van der Waals surface area contributed by atoms with Gasteiger partial charge in [0.2, 0.25) is 0 Å². The number of carbonyl (C=O) groups is 2. The number of benzene rings is 1. The maximum absolute atomic E-state index is 13.0. The van der Waals surface area contributed by atoms with Crippen LogP contribution in [0.2, 0.25) is 0 Å². The van der Waals surface area contributed by atoms with E-state index in [1.807, 2.05) is 18.2 Å². The number of urea groups is 1. The third-order valence-electron chi connectivity index (χ3n) is 5.32. The zero-order chi connectivity index (χ0) is 19.8. The number of nitrogens with zero attached hydrogens (tertiary/aromatic N) is 2. The molecular formula is C18H22F3N3O3. The van der Waals surface area contributed by atoms with Crippen molar-refractivity contribution < 1.29 is 27.9 Å². The van der Waals surface area contributed by atoms with Gasteiger partial charge in [-0.1, -0.05) is 18.2 Å². The standard InChI is InChI=1S/C18H22F3N3O3/c1-11-8-12-4-2-3-5-15(12)24(11)7-6-22-17(27)23-9-13(16(25)26)14(10-23)18(19,20)21/h2-5,11,13-14H,6-10H2,1H3,(H,22,27)(H,25,26)/t11?,13-,14-/m1/s1. The zero-order valence-corrected chi connectivity index (χ0v) is 14.9. The molecule has 6 nitrogen and oxygen atoms in total. The van der Waals surface area contributed by atoms with Crippen molar-refractivity contribution in [3.8, 4) is 0 Å². The summed E-state index contributed by atoms with van der Waals surface area (Å²) in [5.41, 5.74) is 2.33. The molecule has 1 unspecified atom stereocenters. The molecule has 1 aromatic carbocycles. The molecule has 2 aliphatic heterocycles. The van der Waals surface area contributed by atoms with Crippen molar-refractivity contribution in [2.24, 2.45) is 11.8 Å². The second-order valence-corrected chi connectivity index (χ2v) is 7.11. The Morgan fingerprint density at radius 1 is 1.26 bits per heavy atom. The van der Waals surface area contributed by atoms with Crippen molar-refractivity contribution in [1.29, 1.82) is 0 Å². The summed E-state index contributed by atoms with van der Waals surface area (Å²) < 4.78 is 39.1. The summed E-state index contributed by atoms with van der Waals surface area (Å²) >= 11 is 0. The number of likely N-dealkylation sites (tertiary alicyclic amines) is 1. The number of alkyl halides is 3. The van der Waals surface area contributed by atoms with Crippen LogP contribution in [0.4, 0.5) is 23.7 Å². The smallest absolute Gasteiger partial charge is 0.394 e. The van der Waals surface area contributed by atoms with Crippen LogP contribution >= 0.6 is 0 Å². The predicted octanol–water partition coefficient (Wildman–Crippen LogP) is 2.34. The summed E-state index contributed by atoms with van der Waals surface area (Å²) in [4.78, 5) is 26.4. The molecule has 148 valence electrons. The molecule has 0 saturated carbocycles. The lowest BCUT2D eigenvalue weighted by molar-refractivity contribution is -0.187. The molecule has 0 bridgehead atoms. The summed E-state index contributed by atoms with van der Waals surface area (Å²) in [6.45, 7) is 1.81. The van der Waals surface area contributed by atoms with E-state index in [4.69, 9.17) is 5.11 Å². The van der Waals surface area contributed by atoms with Crippen molar-refractivity contribution in [2.45, 2.75) is 25.6 Å². The number of para-hydroxylation sites is 1. The monoisotopic (exact) mass is 385 g/mol. The van der Waals surface area contributed by atoms with Gasteiger partial charge in [-0.25, -0.2) is 4.79 Å². The van der Waals surface area contributed by atoms with E-state index in [1.165, 1.54) is 5.56 Å². The van der Waals surface area contributed by atoms with E-state index in [9.17, 15) is 22.8 Å². The Hall–Kier alpha value is -2.45. The van der Waals surface area contributed by atoms with E-state index < -0.39 is 43.1 Å². The predicted molar refractivity (Wildman–Crippen MR) is 92.6 cm³/mol. The van der Waals surface area contributed by atoms with E-state index in [-0.39, 0.29) is 12.6 Å². The zero-order valence-electron chi connectivity index (χ0n) is 14.9.